The summed E-state index contributed by atoms with van der Waals surface area (Å²) in [5.41, 5.74) is 6.51. The summed E-state index contributed by atoms with van der Waals surface area (Å²) in [5.74, 6) is 1.48. The van der Waals surface area contributed by atoms with E-state index in [-0.39, 0.29) is 0 Å². The van der Waals surface area contributed by atoms with E-state index >= 15 is 0 Å². The highest BCUT2D eigenvalue weighted by molar-refractivity contribution is 5.90. The molecule has 0 atom stereocenters. The Labute approximate surface area is 123 Å². The summed E-state index contributed by atoms with van der Waals surface area (Å²) in [5, 5.41) is 0. The molecule has 1 fully saturated rings. The molecule has 2 N–H and O–H groups in total. The zero-order chi connectivity index (χ0) is 14.8. The molecule has 1 aliphatic carbocycles. The van der Waals surface area contributed by atoms with E-state index in [1.165, 1.54) is 0 Å². The van der Waals surface area contributed by atoms with Gasteiger partial charge in [-0.2, -0.15) is 0 Å². The average molecular weight is 286 g/mol. The highest BCUT2D eigenvalue weighted by Crippen LogP contribution is 2.39. The molecule has 3 rings (SSSR count). The van der Waals surface area contributed by atoms with Crippen LogP contribution in [0.15, 0.2) is 24.4 Å². The third-order valence-corrected chi connectivity index (χ3v) is 3.41. The minimum atomic E-state index is -0.494. The van der Waals surface area contributed by atoms with Crippen LogP contribution < -0.4 is 10.5 Å². The molecule has 21 heavy (non-hydrogen) atoms. The van der Waals surface area contributed by atoms with Gasteiger partial charge in [0.15, 0.2) is 0 Å². The highest BCUT2D eigenvalue weighted by Gasteiger charge is 2.29. The average Bonchev–Trinajstić information content (AvgIpc) is 3.21. The van der Waals surface area contributed by atoms with Crippen molar-refractivity contribution in [3.05, 3.63) is 41.6 Å². The number of aromatic nitrogens is 3. The Balaban J connectivity index is 1.86. The van der Waals surface area contributed by atoms with E-state index in [1.54, 1.807) is 6.20 Å². The van der Waals surface area contributed by atoms with Gasteiger partial charge in [-0.15, -0.1) is 0 Å². The van der Waals surface area contributed by atoms with E-state index in [1.807, 2.05) is 29.7 Å². The van der Waals surface area contributed by atoms with Gasteiger partial charge in [-0.1, -0.05) is 6.07 Å². The lowest BCUT2D eigenvalue weighted by Gasteiger charge is -2.08. The third kappa shape index (κ3) is 3.04. The van der Waals surface area contributed by atoms with Crippen LogP contribution in [-0.2, 0) is 6.54 Å². The van der Waals surface area contributed by atoms with Crippen LogP contribution in [0.2, 0.25) is 0 Å². The number of imidazole rings is 1. The number of nitrogens with zero attached hydrogens (tertiary/aromatic N) is 3. The van der Waals surface area contributed by atoms with Gasteiger partial charge in [-0.3, -0.25) is 4.79 Å². The number of nitrogens with two attached hydrogens (primary N) is 1. The van der Waals surface area contributed by atoms with Gasteiger partial charge in [0.1, 0.15) is 11.5 Å². The van der Waals surface area contributed by atoms with E-state index in [9.17, 15) is 4.79 Å². The van der Waals surface area contributed by atoms with E-state index in [0.717, 1.165) is 24.4 Å². The van der Waals surface area contributed by atoms with Gasteiger partial charge >= 0.3 is 0 Å². The number of pyridine rings is 1. The first kappa shape index (κ1) is 13.6. The Morgan fingerprint density at radius 3 is 2.90 bits per heavy atom. The minimum absolute atomic E-state index is 0.317. The largest absolute Gasteiger partial charge is 0.478 e. The van der Waals surface area contributed by atoms with Crippen LogP contribution in [0.4, 0.5) is 0 Å². The van der Waals surface area contributed by atoms with Crippen molar-refractivity contribution in [3.8, 4) is 5.88 Å². The van der Waals surface area contributed by atoms with Crippen molar-refractivity contribution in [2.24, 2.45) is 5.73 Å². The summed E-state index contributed by atoms with van der Waals surface area (Å²) < 4.78 is 7.38. The molecular weight excluding hydrogens is 268 g/mol. The van der Waals surface area contributed by atoms with Crippen molar-refractivity contribution < 1.29 is 9.53 Å². The number of carbonyl (C=O) groups is 1. The summed E-state index contributed by atoms with van der Waals surface area (Å²) in [6.07, 6.45) is 3.94. The normalized spacial score (nSPS) is 14.1. The number of amides is 1. The van der Waals surface area contributed by atoms with Gasteiger partial charge in [0.2, 0.25) is 5.88 Å². The number of rotatable bonds is 6. The Kier molecular flexibility index (Phi) is 3.60. The minimum Gasteiger partial charge on any atom is -0.478 e. The molecule has 1 aliphatic rings. The molecule has 0 spiro atoms. The molecule has 0 saturated heterocycles. The van der Waals surface area contributed by atoms with E-state index in [2.05, 4.69) is 9.97 Å². The first-order valence-corrected chi connectivity index (χ1v) is 7.13. The van der Waals surface area contributed by atoms with E-state index in [4.69, 9.17) is 10.5 Å². The van der Waals surface area contributed by atoms with Gasteiger partial charge in [0, 0.05) is 18.2 Å². The van der Waals surface area contributed by atoms with Gasteiger partial charge in [0.05, 0.1) is 18.8 Å². The molecule has 0 aromatic carbocycles. The van der Waals surface area contributed by atoms with Crippen molar-refractivity contribution in [1.29, 1.82) is 0 Å². The van der Waals surface area contributed by atoms with Crippen molar-refractivity contribution in [2.75, 3.05) is 6.61 Å². The quantitative estimate of drug-likeness (QED) is 0.876. The molecule has 0 aliphatic heterocycles. The maximum atomic E-state index is 11.3. The van der Waals surface area contributed by atoms with Crippen molar-refractivity contribution in [3.63, 3.8) is 0 Å². The predicted octanol–water partition coefficient (Wildman–Crippen LogP) is 1.70. The molecule has 0 radical (unpaired) electrons. The number of hydrogen-bond acceptors (Lipinski definition) is 4. The fourth-order valence-electron chi connectivity index (χ4n) is 2.29. The van der Waals surface area contributed by atoms with Crippen LogP contribution in [0.3, 0.4) is 0 Å². The molecule has 6 heteroatoms. The fourth-order valence-corrected chi connectivity index (χ4v) is 2.29. The standard InChI is InChI=1S/C15H18N4O2/c1-2-21-13-5-3-4-11(17-13)8-19-9-12(14(16)20)18-15(19)10-6-7-10/h3-5,9-10H,2,6-8H2,1H3,(H2,16,20). The molecule has 1 amide bonds. The van der Waals surface area contributed by atoms with Gasteiger partial charge in [-0.25, -0.2) is 9.97 Å². The fraction of sp³-hybridized carbons (Fsp3) is 0.400. The third-order valence-electron chi connectivity index (χ3n) is 3.41. The lowest BCUT2D eigenvalue weighted by Crippen LogP contribution is -2.11. The second-order valence-corrected chi connectivity index (χ2v) is 5.15. The van der Waals surface area contributed by atoms with Crippen LogP contribution in [0.1, 0.15) is 47.7 Å². The van der Waals surface area contributed by atoms with Crippen molar-refractivity contribution in [2.45, 2.75) is 32.2 Å². The number of ether oxygens (including phenoxy) is 1. The topological polar surface area (TPSA) is 83.0 Å². The van der Waals surface area contributed by atoms with Crippen LogP contribution in [0.25, 0.3) is 0 Å². The van der Waals surface area contributed by atoms with E-state index < -0.39 is 5.91 Å². The first-order chi connectivity index (χ1) is 10.2. The lowest BCUT2D eigenvalue weighted by molar-refractivity contribution is 0.0996. The maximum Gasteiger partial charge on any atom is 0.268 e. The number of hydrogen-bond donors (Lipinski definition) is 1. The summed E-state index contributed by atoms with van der Waals surface area (Å²) in [4.78, 5) is 20.1. The monoisotopic (exact) mass is 286 g/mol. The Bertz CT molecular complexity index is 661. The molecule has 2 heterocycles. The highest BCUT2D eigenvalue weighted by atomic mass is 16.5. The van der Waals surface area contributed by atoms with Crippen LogP contribution in [-0.4, -0.2) is 27.0 Å². The predicted molar refractivity (Wildman–Crippen MR) is 77.2 cm³/mol. The summed E-state index contributed by atoms with van der Waals surface area (Å²) in [6, 6.07) is 5.68. The second kappa shape index (κ2) is 5.55. The molecular formula is C15H18N4O2. The molecule has 0 bridgehead atoms. The number of primary amides is 1. The van der Waals surface area contributed by atoms with Crippen LogP contribution >= 0.6 is 0 Å². The van der Waals surface area contributed by atoms with Crippen LogP contribution in [0.5, 0.6) is 5.88 Å². The number of carbonyl (C=O) groups excluding carboxylic acids is 1. The molecule has 1 saturated carbocycles. The molecule has 0 unspecified atom stereocenters. The van der Waals surface area contributed by atoms with Gasteiger partial charge in [0.25, 0.3) is 5.91 Å². The SMILES string of the molecule is CCOc1cccc(Cn2cc(C(N)=O)nc2C2CC2)n1. The molecule has 6 nitrogen and oxygen atoms in total. The molecule has 2 aromatic heterocycles. The zero-order valence-corrected chi connectivity index (χ0v) is 12.0. The van der Waals surface area contributed by atoms with Gasteiger partial charge in [-0.05, 0) is 25.8 Å². The van der Waals surface area contributed by atoms with Crippen molar-refractivity contribution in [1.82, 2.24) is 14.5 Å². The summed E-state index contributed by atoms with van der Waals surface area (Å²) >= 11 is 0. The Morgan fingerprint density at radius 1 is 1.43 bits per heavy atom. The van der Waals surface area contributed by atoms with Gasteiger partial charge < -0.3 is 15.0 Å². The summed E-state index contributed by atoms with van der Waals surface area (Å²) in [6.45, 7) is 3.07. The molecule has 110 valence electrons. The molecule has 2 aromatic rings. The van der Waals surface area contributed by atoms with E-state index in [0.29, 0.717) is 30.6 Å². The Morgan fingerprint density at radius 2 is 2.24 bits per heavy atom. The Hall–Kier alpha value is -2.37. The van der Waals surface area contributed by atoms with Crippen LogP contribution in [0, 0.1) is 0 Å². The lowest BCUT2D eigenvalue weighted by atomic mass is 10.3. The maximum absolute atomic E-state index is 11.3. The zero-order valence-electron chi connectivity index (χ0n) is 12.0. The summed E-state index contributed by atoms with van der Waals surface area (Å²) in [7, 11) is 0. The van der Waals surface area contributed by atoms with Crippen molar-refractivity contribution >= 4 is 5.91 Å². The first-order valence-electron chi connectivity index (χ1n) is 7.13. The second-order valence-electron chi connectivity index (χ2n) is 5.15. The smallest absolute Gasteiger partial charge is 0.268 e.